The van der Waals surface area contributed by atoms with Crippen molar-refractivity contribution in [2.75, 3.05) is 19.7 Å². The Balaban J connectivity index is 1.89. The molecule has 1 atom stereocenters. The van der Waals surface area contributed by atoms with Crippen molar-refractivity contribution in [3.05, 3.63) is 46.5 Å². The Labute approximate surface area is 121 Å². The molecule has 110 valence electrons. The Morgan fingerprint density at radius 3 is 3.10 bits per heavy atom. The molecular weight excluding hydrogens is 270 g/mol. The minimum atomic E-state index is -0.337. The van der Waals surface area contributed by atoms with Crippen LogP contribution in [0.25, 0.3) is 5.65 Å². The Bertz CT molecular complexity index is 725. The summed E-state index contributed by atoms with van der Waals surface area (Å²) in [5, 5.41) is 8.96. The number of nitrogens with zero attached hydrogens (tertiary/aromatic N) is 3. The lowest BCUT2D eigenvalue weighted by Crippen LogP contribution is -2.34. The van der Waals surface area contributed by atoms with Gasteiger partial charge in [0, 0.05) is 32.1 Å². The third-order valence-corrected chi connectivity index (χ3v) is 3.95. The van der Waals surface area contributed by atoms with Gasteiger partial charge in [0.05, 0.1) is 0 Å². The number of aliphatic hydroxyl groups is 1. The van der Waals surface area contributed by atoms with Gasteiger partial charge in [-0.15, -0.1) is 0 Å². The van der Waals surface area contributed by atoms with Crippen LogP contribution in [0.15, 0.2) is 35.4 Å². The third-order valence-electron chi connectivity index (χ3n) is 3.95. The zero-order valence-corrected chi connectivity index (χ0v) is 11.6. The second kappa shape index (κ2) is 5.65. The van der Waals surface area contributed by atoms with Crippen LogP contribution in [-0.4, -0.2) is 45.0 Å². The summed E-state index contributed by atoms with van der Waals surface area (Å²) in [5.74, 6) is 0.0429. The first kappa shape index (κ1) is 13.8. The quantitative estimate of drug-likeness (QED) is 0.894. The summed E-state index contributed by atoms with van der Waals surface area (Å²) < 4.78 is 1.38. The van der Waals surface area contributed by atoms with Gasteiger partial charge in [-0.05, 0) is 30.9 Å². The summed E-state index contributed by atoms with van der Waals surface area (Å²) in [7, 11) is 0. The number of hydrogen-bond acceptors (Lipinski definition) is 4. The van der Waals surface area contributed by atoms with E-state index in [0.29, 0.717) is 31.1 Å². The predicted molar refractivity (Wildman–Crippen MR) is 77.2 cm³/mol. The molecule has 2 aromatic rings. The highest BCUT2D eigenvalue weighted by atomic mass is 16.3. The minimum absolute atomic E-state index is 0.100. The SMILES string of the molecule is O=C(c1cnc2ccccn2c1=O)N1CCC(CCO)C1. The Kier molecular flexibility index (Phi) is 3.70. The number of likely N-dealkylation sites (tertiary alicyclic amines) is 1. The minimum Gasteiger partial charge on any atom is -0.396 e. The highest BCUT2D eigenvalue weighted by molar-refractivity contribution is 5.94. The predicted octanol–water partition coefficient (Wildman–Crippen LogP) is 0.539. The third kappa shape index (κ3) is 2.54. The van der Waals surface area contributed by atoms with E-state index in [4.69, 9.17) is 5.11 Å². The fraction of sp³-hybridized carbons (Fsp3) is 0.400. The summed E-state index contributed by atoms with van der Waals surface area (Å²) >= 11 is 0. The first-order chi connectivity index (χ1) is 10.2. The van der Waals surface area contributed by atoms with E-state index >= 15 is 0 Å². The van der Waals surface area contributed by atoms with Crippen LogP contribution in [0, 0.1) is 5.92 Å². The fourth-order valence-electron chi connectivity index (χ4n) is 2.78. The molecule has 6 heteroatoms. The zero-order chi connectivity index (χ0) is 14.8. The summed E-state index contributed by atoms with van der Waals surface area (Å²) in [5.41, 5.74) is 0.290. The highest BCUT2D eigenvalue weighted by Gasteiger charge is 2.28. The van der Waals surface area contributed by atoms with Crippen LogP contribution in [0.4, 0.5) is 0 Å². The maximum atomic E-state index is 12.5. The summed E-state index contributed by atoms with van der Waals surface area (Å²) in [6.45, 7) is 1.35. The van der Waals surface area contributed by atoms with Gasteiger partial charge in [-0.2, -0.15) is 0 Å². The maximum absolute atomic E-state index is 12.5. The lowest BCUT2D eigenvalue weighted by atomic mass is 10.1. The molecule has 2 aromatic heterocycles. The smallest absolute Gasteiger partial charge is 0.270 e. The number of rotatable bonds is 3. The van der Waals surface area contributed by atoms with E-state index in [1.54, 1.807) is 29.3 Å². The number of carbonyl (C=O) groups is 1. The van der Waals surface area contributed by atoms with Crippen LogP contribution < -0.4 is 5.56 Å². The van der Waals surface area contributed by atoms with E-state index in [9.17, 15) is 9.59 Å². The Hall–Kier alpha value is -2.21. The van der Waals surface area contributed by atoms with Gasteiger partial charge >= 0.3 is 0 Å². The molecule has 1 fully saturated rings. The second-order valence-corrected chi connectivity index (χ2v) is 5.32. The summed E-state index contributed by atoms with van der Waals surface area (Å²) in [6.07, 6.45) is 4.53. The van der Waals surface area contributed by atoms with E-state index in [0.717, 1.165) is 6.42 Å². The lowest BCUT2D eigenvalue weighted by Gasteiger charge is -2.16. The van der Waals surface area contributed by atoms with Gasteiger partial charge in [0.15, 0.2) is 0 Å². The van der Waals surface area contributed by atoms with E-state index in [1.807, 2.05) is 0 Å². The van der Waals surface area contributed by atoms with E-state index in [-0.39, 0.29) is 23.6 Å². The van der Waals surface area contributed by atoms with Gasteiger partial charge in [-0.25, -0.2) is 4.98 Å². The van der Waals surface area contributed by atoms with Crippen molar-refractivity contribution < 1.29 is 9.90 Å². The van der Waals surface area contributed by atoms with Crippen LogP contribution in [0.5, 0.6) is 0 Å². The average Bonchev–Trinajstić information content (AvgIpc) is 2.96. The normalized spacial score (nSPS) is 18.3. The molecule has 3 heterocycles. The number of pyridine rings is 1. The molecule has 1 unspecified atom stereocenters. The molecular formula is C15H17N3O3. The monoisotopic (exact) mass is 287 g/mol. The van der Waals surface area contributed by atoms with E-state index in [2.05, 4.69) is 4.98 Å². The van der Waals surface area contributed by atoms with Crippen molar-refractivity contribution in [2.24, 2.45) is 5.92 Å². The number of amides is 1. The molecule has 3 rings (SSSR count). The van der Waals surface area contributed by atoms with Crippen molar-refractivity contribution in [1.29, 1.82) is 0 Å². The summed E-state index contributed by atoms with van der Waals surface area (Å²) in [6, 6.07) is 5.25. The number of aromatic nitrogens is 2. The molecule has 6 nitrogen and oxygen atoms in total. The van der Waals surface area contributed by atoms with Gasteiger partial charge in [0.25, 0.3) is 11.5 Å². The van der Waals surface area contributed by atoms with Gasteiger partial charge in [0.1, 0.15) is 11.2 Å². The average molecular weight is 287 g/mol. The van der Waals surface area contributed by atoms with Gasteiger partial charge in [-0.3, -0.25) is 14.0 Å². The molecule has 1 saturated heterocycles. The van der Waals surface area contributed by atoms with Crippen LogP contribution in [0.1, 0.15) is 23.2 Å². The van der Waals surface area contributed by atoms with Crippen LogP contribution in [-0.2, 0) is 0 Å². The lowest BCUT2D eigenvalue weighted by molar-refractivity contribution is 0.0782. The van der Waals surface area contributed by atoms with Gasteiger partial charge < -0.3 is 10.0 Å². The number of carbonyl (C=O) groups excluding carboxylic acids is 1. The number of aliphatic hydroxyl groups excluding tert-OH is 1. The molecule has 21 heavy (non-hydrogen) atoms. The largest absolute Gasteiger partial charge is 0.396 e. The Morgan fingerprint density at radius 1 is 1.43 bits per heavy atom. The van der Waals surface area contributed by atoms with Crippen molar-refractivity contribution in [3.63, 3.8) is 0 Å². The molecule has 0 spiro atoms. The molecule has 0 aliphatic carbocycles. The second-order valence-electron chi connectivity index (χ2n) is 5.32. The van der Waals surface area contributed by atoms with Crippen LogP contribution in [0.2, 0.25) is 0 Å². The first-order valence-electron chi connectivity index (χ1n) is 7.07. The van der Waals surface area contributed by atoms with E-state index < -0.39 is 0 Å². The highest BCUT2D eigenvalue weighted by Crippen LogP contribution is 2.20. The molecule has 0 saturated carbocycles. The Morgan fingerprint density at radius 2 is 2.29 bits per heavy atom. The summed E-state index contributed by atoms with van der Waals surface area (Å²) in [4.78, 5) is 30.7. The fourth-order valence-corrected chi connectivity index (χ4v) is 2.78. The standard InChI is InChI=1S/C15H17N3O3/c19-8-5-11-4-7-17(10-11)14(20)12-9-16-13-3-1-2-6-18(13)15(12)21/h1-3,6,9,11,19H,4-5,7-8,10H2. The van der Waals surface area contributed by atoms with Crippen molar-refractivity contribution in [3.8, 4) is 0 Å². The molecule has 1 N–H and O–H groups in total. The molecule has 1 aliphatic heterocycles. The topological polar surface area (TPSA) is 74.9 Å². The molecule has 0 aromatic carbocycles. The molecule has 1 amide bonds. The van der Waals surface area contributed by atoms with Crippen LogP contribution in [0.3, 0.4) is 0 Å². The number of fused-ring (bicyclic) bond motifs is 1. The van der Waals surface area contributed by atoms with Crippen LogP contribution >= 0.6 is 0 Å². The van der Waals surface area contributed by atoms with Crippen molar-refractivity contribution in [1.82, 2.24) is 14.3 Å². The molecule has 1 aliphatic rings. The van der Waals surface area contributed by atoms with Gasteiger partial charge in [0.2, 0.25) is 0 Å². The van der Waals surface area contributed by atoms with Crippen molar-refractivity contribution in [2.45, 2.75) is 12.8 Å². The number of hydrogen-bond donors (Lipinski definition) is 1. The maximum Gasteiger partial charge on any atom is 0.270 e. The molecule has 0 radical (unpaired) electrons. The molecule has 0 bridgehead atoms. The zero-order valence-electron chi connectivity index (χ0n) is 11.6. The van der Waals surface area contributed by atoms with Gasteiger partial charge in [-0.1, -0.05) is 6.07 Å². The van der Waals surface area contributed by atoms with Crippen molar-refractivity contribution >= 4 is 11.6 Å². The first-order valence-corrected chi connectivity index (χ1v) is 7.07. The van der Waals surface area contributed by atoms with E-state index in [1.165, 1.54) is 10.6 Å².